The molecule has 2 rings (SSSR count). The maximum absolute atomic E-state index is 14.0. The van der Waals surface area contributed by atoms with Gasteiger partial charge in [0, 0.05) is 22.9 Å². The van der Waals surface area contributed by atoms with Gasteiger partial charge in [0.15, 0.2) is 17.5 Å². The van der Waals surface area contributed by atoms with Gasteiger partial charge >= 0.3 is 0 Å². The zero-order chi connectivity index (χ0) is 15.6. The van der Waals surface area contributed by atoms with Crippen LogP contribution in [0, 0.1) is 31.3 Å². The van der Waals surface area contributed by atoms with Crippen LogP contribution in [0.5, 0.6) is 0 Å². The van der Waals surface area contributed by atoms with Crippen molar-refractivity contribution in [3.8, 4) is 0 Å². The third kappa shape index (κ3) is 3.44. The summed E-state index contributed by atoms with van der Waals surface area (Å²) in [5.41, 5.74) is 1.07. The van der Waals surface area contributed by atoms with Crippen molar-refractivity contribution in [3.05, 3.63) is 50.7 Å². The molecule has 2 nitrogen and oxygen atoms in total. The van der Waals surface area contributed by atoms with Gasteiger partial charge in [0.2, 0.25) is 0 Å². The molecule has 0 fully saturated rings. The Morgan fingerprint density at radius 1 is 1.19 bits per heavy atom. The van der Waals surface area contributed by atoms with Gasteiger partial charge in [0.25, 0.3) is 0 Å². The van der Waals surface area contributed by atoms with Gasteiger partial charge in [0.05, 0.1) is 10.7 Å². The molecule has 0 spiro atoms. The second-order valence-electron chi connectivity index (χ2n) is 4.83. The molecule has 1 atom stereocenters. The number of nitrogens with zero attached hydrogens (tertiary/aromatic N) is 1. The number of hydrogen-bond acceptors (Lipinski definition) is 3. The fourth-order valence-electron chi connectivity index (χ4n) is 2.15. The molecule has 0 radical (unpaired) electrons. The molecule has 21 heavy (non-hydrogen) atoms. The van der Waals surface area contributed by atoms with Gasteiger partial charge in [-0.15, -0.1) is 11.3 Å². The highest BCUT2D eigenvalue weighted by atomic mass is 32.1. The summed E-state index contributed by atoms with van der Waals surface area (Å²) in [5, 5.41) is 3.95. The molecule has 1 aromatic heterocycles. The first kappa shape index (κ1) is 16.0. The van der Waals surface area contributed by atoms with E-state index in [-0.39, 0.29) is 5.56 Å². The zero-order valence-corrected chi connectivity index (χ0v) is 13.0. The van der Waals surface area contributed by atoms with Crippen molar-refractivity contribution in [2.24, 2.45) is 0 Å². The lowest BCUT2D eigenvalue weighted by atomic mass is 10.0. The van der Waals surface area contributed by atoms with Gasteiger partial charge < -0.3 is 5.32 Å². The van der Waals surface area contributed by atoms with Gasteiger partial charge in [-0.05, 0) is 26.5 Å². The molecule has 1 unspecified atom stereocenters. The fraction of sp³-hybridized carbons (Fsp3) is 0.400. The number of nitrogens with one attached hydrogen (secondary N) is 1. The lowest BCUT2D eigenvalue weighted by molar-refractivity contribution is 0.425. The zero-order valence-electron chi connectivity index (χ0n) is 12.1. The molecular weight excluding hydrogens is 297 g/mol. The van der Waals surface area contributed by atoms with E-state index < -0.39 is 23.5 Å². The van der Waals surface area contributed by atoms with Crippen LogP contribution in [0.4, 0.5) is 13.2 Å². The van der Waals surface area contributed by atoms with Crippen molar-refractivity contribution in [2.75, 3.05) is 6.54 Å². The second kappa shape index (κ2) is 6.58. The number of hydrogen-bond donors (Lipinski definition) is 1. The number of rotatable bonds is 5. The first-order chi connectivity index (χ1) is 9.93. The second-order valence-corrected chi connectivity index (χ2v) is 6.12. The highest BCUT2D eigenvalue weighted by molar-refractivity contribution is 7.11. The third-order valence-corrected chi connectivity index (χ3v) is 4.44. The van der Waals surface area contributed by atoms with E-state index in [0.717, 1.165) is 21.6 Å². The molecule has 0 aliphatic rings. The standard InChI is InChI=1S/C15H17F3N2S/c1-4-19-12(7-13-20-8(2)9(3)21-13)10-5-6-11(16)15(18)14(10)17/h5-6,12,19H,4,7H2,1-3H3. The van der Waals surface area contributed by atoms with E-state index >= 15 is 0 Å². The van der Waals surface area contributed by atoms with Crippen LogP contribution in [0.3, 0.4) is 0 Å². The lowest BCUT2D eigenvalue weighted by Crippen LogP contribution is -2.24. The first-order valence-electron chi connectivity index (χ1n) is 6.73. The lowest BCUT2D eigenvalue weighted by Gasteiger charge is -2.18. The number of aryl methyl sites for hydroxylation is 2. The molecule has 1 N–H and O–H groups in total. The third-order valence-electron chi connectivity index (χ3n) is 3.34. The van der Waals surface area contributed by atoms with E-state index in [4.69, 9.17) is 0 Å². The van der Waals surface area contributed by atoms with Gasteiger partial charge in [-0.1, -0.05) is 13.0 Å². The van der Waals surface area contributed by atoms with E-state index in [2.05, 4.69) is 10.3 Å². The normalized spacial score (nSPS) is 12.7. The van der Waals surface area contributed by atoms with E-state index in [1.165, 1.54) is 17.4 Å². The Balaban J connectivity index is 2.33. The van der Waals surface area contributed by atoms with Crippen molar-refractivity contribution in [1.82, 2.24) is 10.3 Å². The van der Waals surface area contributed by atoms with Crippen LogP contribution in [0.2, 0.25) is 0 Å². The summed E-state index contributed by atoms with van der Waals surface area (Å²) in [5.74, 6) is -3.74. The molecule has 1 heterocycles. The average molecular weight is 314 g/mol. The van der Waals surface area contributed by atoms with Crippen LogP contribution in [-0.4, -0.2) is 11.5 Å². The quantitative estimate of drug-likeness (QED) is 0.842. The van der Waals surface area contributed by atoms with Gasteiger partial charge in [-0.2, -0.15) is 0 Å². The van der Waals surface area contributed by atoms with Crippen LogP contribution in [0.25, 0.3) is 0 Å². The van der Waals surface area contributed by atoms with Gasteiger partial charge in [-0.3, -0.25) is 0 Å². The molecule has 1 aromatic carbocycles. The summed E-state index contributed by atoms with van der Waals surface area (Å²) in [6.45, 7) is 6.35. The molecule has 0 saturated carbocycles. The van der Waals surface area contributed by atoms with Crippen LogP contribution in [-0.2, 0) is 6.42 Å². The fourth-order valence-corrected chi connectivity index (χ4v) is 3.13. The Bertz CT molecular complexity index is 621. The predicted molar refractivity (Wildman–Crippen MR) is 78.0 cm³/mol. The SMILES string of the molecule is CCNC(Cc1nc(C)c(C)s1)c1ccc(F)c(F)c1F. The molecule has 2 aromatic rings. The summed E-state index contributed by atoms with van der Waals surface area (Å²) in [4.78, 5) is 5.52. The Labute approximate surface area is 126 Å². The summed E-state index contributed by atoms with van der Waals surface area (Å²) in [6.07, 6.45) is 0.440. The number of likely N-dealkylation sites (N-methyl/N-ethyl adjacent to an activating group) is 1. The van der Waals surface area contributed by atoms with E-state index in [1.54, 1.807) is 0 Å². The maximum Gasteiger partial charge on any atom is 0.194 e. The van der Waals surface area contributed by atoms with Crippen molar-refractivity contribution in [1.29, 1.82) is 0 Å². The minimum atomic E-state index is -1.43. The minimum Gasteiger partial charge on any atom is -0.310 e. The van der Waals surface area contributed by atoms with Gasteiger partial charge in [-0.25, -0.2) is 18.2 Å². The number of aromatic nitrogens is 1. The number of thiazole rings is 1. The highest BCUT2D eigenvalue weighted by Gasteiger charge is 2.21. The van der Waals surface area contributed by atoms with Crippen LogP contribution < -0.4 is 5.32 Å². The highest BCUT2D eigenvalue weighted by Crippen LogP contribution is 2.27. The number of halogens is 3. The predicted octanol–water partition coefficient (Wildman–Crippen LogP) is 4.07. The smallest absolute Gasteiger partial charge is 0.194 e. The molecule has 114 valence electrons. The molecule has 0 aliphatic carbocycles. The minimum absolute atomic E-state index is 0.126. The molecular formula is C15H17F3N2S. The molecule has 0 amide bonds. The molecule has 6 heteroatoms. The van der Waals surface area contributed by atoms with Crippen molar-refractivity contribution < 1.29 is 13.2 Å². The topological polar surface area (TPSA) is 24.9 Å². The summed E-state index contributed by atoms with van der Waals surface area (Å²) < 4.78 is 40.4. The maximum atomic E-state index is 14.0. The Morgan fingerprint density at radius 2 is 1.90 bits per heavy atom. The Kier molecular flexibility index (Phi) is 5.00. The van der Waals surface area contributed by atoms with Gasteiger partial charge in [0.1, 0.15) is 0 Å². The van der Waals surface area contributed by atoms with Crippen molar-refractivity contribution in [2.45, 2.75) is 33.2 Å². The molecule has 0 bridgehead atoms. The monoisotopic (exact) mass is 314 g/mol. The summed E-state index contributed by atoms with van der Waals surface area (Å²) >= 11 is 1.54. The Morgan fingerprint density at radius 3 is 2.48 bits per heavy atom. The van der Waals surface area contributed by atoms with Crippen molar-refractivity contribution in [3.63, 3.8) is 0 Å². The largest absolute Gasteiger partial charge is 0.310 e. The van der Waals surface area contributed by atoms with E-state index in [0.29, 0.717) is 13.0 Å². The summed E-state index contributed by atoms with van der Waals surface area (Å²) in [6, 6.07) is 1.81. The number of benzene rings is 1. The van der Waals surface area contributed by atoms with Crippen LogP contribution in [0.1, 0.15) is 34.1 Å². The van der Waals surface area contributed by atoms with E-state index in [1.807, 2.05) is 20.8 Å². The molecule has 0 aliphatic heterocycles. The Hall–Kier alpha value is -1.40. The van der Waals surface area contributed by atoms with Crippen LogP contribution in [0.15, 0.2) is 12.1 Å². The van der Waals surface area contributed by atoms with Crippen LogP contribution >= 0.6 is 11.3 Å². The van der Waals surface area contributed by atoms with E-state index in [9.17, 15) is 13.2 Å². The first-order valence-corrected chi connectivity index (χ1v) is 7.55. The van der Waals surface area contributed by atoms with Crippen molar-refractivity contribution >= 4 is 11.3 Å². The average Bonchev–Trinajstić information content (AvgIpc) is 2.75. The summed E-state index contributed by atoms with van der Waals surface area (Å²) in [7, 11) is 0. The molecule has 0 saturated heterocycles.